The van der Waals surface area contributed by atoms with E-state index in [2.05, 4.69) is 32.2 Å². The molecule has 106 valence electrons. The van der Waals surface area contributed by atoms with E-state index >= 15 is 0 Å². The van der Waals surface area contributed by atoms with Crippen LogP contribution in [-0.2, 0) is 12.8 Å². The molecule has 2 nitrogen and oxygen atoms in total. The van der Waals surface area contributed by atoms with E-state index < -0.39 is 0 Å². The first-order chi connectivity index (χ1) is 9.02. The van der Waals surface area contributed by atoms with E-state index in [1.165, 1.54) is 11.1 Å². The molecule has 2 rings (SSSR count). The van der Waals surface area contributed by atoms with Crippen molar-refractivity contribution in [3.8, 4) is 5.75 Å². The zero-order valence-corrected chi connectivity index (χ0v) is 13.1. The first-order valence-electron chi connectivity index (χ1n) is 7.14. The van der Waals surface area contributed by atoms with E-state index in [1.54, 1.807) is 0 Å². The Morgan fingerprint density at radius 3 is 2.68 bits per heavy atom. The molecule has 0 bridgehead atoms. The number of rotatable bonds is 5. The molecule has 2 atom stereocenters. The van der Waals surface area contributed by atoms with E-state index in [4.69, 9.17) is 16.3 Å². The van der Waals surface area contributed by atoms with Crippen LogP contribution in [0.15, 0.2) is 12.1 Å². The van der Waals surface area contributed by atoms with Crippen LogP contribution >= 0.6 is 11.6 Å². The Hall–Kier alpha value is -0.730. The van der Waals surface area contributed by atoms with Crippen molar-refractivity contribution in [2.75, 3.05) is 13.7 Å². The topological polar surface area (TPSA) is 21.3 Å². The summed E-state index contributed by atoms with van der Waals surface area (Å²) < 4.78 is 5.78. The van der Waals surface area contributed by atoms with Crippen LogP contribution in [0.1, 0.15) is 31.9 Å². The van der Waals surface area contributed by atoms with E-state index in [0.717, 1.165) is 30.2 Å². The van der Waals surface area contributed by atoms with Gasteiger partial charge in [-0.05, 0) is 48.6 Å². The third kappa shape index (κ3) is 3.24. The molecule has 0 amide bonds. The maximum atomic E-state index is 6.22. The van der Waals surface area contributed by atoms with Crippen LogP contribution in [0.4, 0.5) is 0 Å². The molecule has 3 heteroatoms. The minimum Gasteiger partial charge on any atom is -0.493 e. The Bertz CT molecular complexity index is 445. The van der Waals surface area contributed by atoms with Crippen LogP contribution in [0.2, 0.25) is 5.02 Å². The summed E-state index contributed by atoms with van der Waals surface area (Å²) in [6.45, 7) is 7.63. The van der Waals surface area contributed by atoms with Gasteiger partial charge in [-0.15, -0.1) is 0 Å². The third-order valence-corrected chi connectivity index (χ3v) is 4.54. The van der Waals surface area contributed by atoms with E-state index in [-0.39, 0.29) is 0 Å². The Kier molecular flexibility index (Phi) is 4.75. The monoisotopic (exact) mass is 281 g/mol. The molecule has 0 saturated heterocycles. The van der Waals surface area contributed by atoms with Crippen LogP contribution in [-0.4, -0.2) is 19.7 Å². The quantitative estimate of drug-likeness (QED) is 0.889. The maximum absolute atomic E-state index is 6.22. The van der Waals surface area contributed by atoms with Crippen molar-refractivity contribution in [3.05, 3.63) is 28.3 Å². The molecule has 0 aliphatic carbocycles. The molecule has 1 heterocycles. The van der Waals surface area contributed by atoms with Crippen molar-refractivity contribution in [2.24, 2.45) is 11.8 Å². The van der Waals surface area contributed by atoms with Crippen LogP contribution in [0.5, 0.6) is 5.75 Å². The predicted octanol–water partition coefficient (Wildman–Crippen LogP) is 3.70. The van der Waals surface area contributed by atoms with Crippen LogP contribution in [0.25, 0.3) is 0 Å². The summed E-state index contributed by atoms with van der Waals surface area (Å²) in [6.07, 6.45) is 1.95. The van der Waals surface area contributed by atoms with E-state index in [9.17, 15) is 0 Å². The summed E-state index contributed by atoms with van der Waals surface area (Å²) in [6, 6.07) is 4.54. The highest BCUT2D eigenvalue weighted by Gasteiger charge is 2.23. The zero-order valence-electron chi connectivity index (χ0n) is 12.3. The van der Waals surface area contributed by atoms with Gasteiger partial charge < -0.3 is 10.1 Å². The zero-order chi connectivity index (χ0) is 14.0. The first-order valence-corrected chi connectivity index (χ1v) is 7.52. The Morgan fingerprint density at radius 2 is 2.05 bits per heavy atom. The van der Waals surface area contributed by atoms with Crippen molar-refractivity contribution < 1.29 is 4.74 Å². The molecule has 1 aromatic carbocycles. The van der Waals surface area contributed by atoms with E-state index in [0.29, 0.717) is 17.9 Å². The fourth-order valence-corrected chi connectivity index (χ4v) is 3.01. The van der Waals surface area contributed by atoms with Gasteiger partial charge in [-0.25, -0.2) is 0 Å². The highest BCUT2D eigenvalue weighted by atomic mass is 35.5. The molecule has 1 N–H and O–H groups in total. The van der Waals surface area contributed by atoms with Gasteiger partial charge in [-0.2, -0.15) is 0 Å². The molecule has 0 spiro atoms. The van der Waals surface area contributed by atoms with Crippen molar-refractivity contribution in [1.29, 1.82) is 0 Å². The molecule has 1 aliphatic heterocycles. The molecule has 2 unspecified atom stereocenters. The number of likely N-dealkylation sites (N-methyl/N-ethyl adjacent to an activating group) is 1. The fraction of sp³-hybridized carbons (Fsp3) is 0.625. The minimum absolute atomic E-state index is 0.451. The number of nitrogens with one attached hydrogen (secondary N) is 1. The van der Waals surface area contributed by atoms with Crippen LogP contribution < -0.4 is 10.1 Å². The van der Waals surface area contributed by atoms with E-state index in [1.807, 2.05) is 13.1 Å². The normalized spacial score (nSPS) is 17.2. The molecule has 0 fully saturated rings. The second-order valence-electron chi connectivity index (χ2n) is 5.85. The smallest absolute Gasteiger partial charge is 0.125 e. The number of hydrogen-bond donors (Lipinski definition) is 1. The standard InChI is InChI=1S/C16H24ClNO/c1-10(2)11(3)15(18-4)9-13-8-14(17)7-12-5-6-19-16(12)13/h7-8,10-11,15,18H,5-6,9H2,1-4H3. The molecule has 19 heavy (non-hydrogen) atoms. The molecule has 1 aliphatic rings. The van der Waals surface area contributed by atoms with Crippen molar-refractivity contribution in [2.45, 2.75) is 39.7 Å². The predicted molar refractivity (Wildman–Crippen MR) is 81.2 cm³/mol. The van der Waals surface area contributed by atoms with Gasteiger partial charge in [-0.3, -0.25) is 0 Å². The summed E-state index contributed by atoms with van der Waals surface area (Å²) >= 11 is 6.22. The summed E-state index contributed by atoms with van der Waals surface area (Å²) in [5, 5.41) is 4.27. The molecule has 0 radical (unpaired) electrons. The highest BCUT2D eigenvalue weighted by Crippen LogP contribution is 2.34. The van der Waals surface area contributed by atoms with Gasteiger partial charge in [-0.1, -0.05) is 32.4 Å². The SMILES string of the molecule is CNC(Cc1cc(Cl)cc2c1OCC2)C(C)C(C)C. The van der Waals surface area contributed by atoms with Crippen molar-refractivity contribution in [3.63, 3.8) is 0 Å². The van der Waals surface area contributed by atoms with Crippen LogP contribution in [0, 0.1) is 11.8 Å². The lowest BCUT2D eigenvalue weighted by atomic mass is 9.86. The van der Waals surface area contributed by atoms with Gasteiger partial charge in [0.1, 0.15) is 5.75 Å². The lowest BCUT2D eigenvalue weighted by Gasteiger charge is -2.27. The molecule has 1 aromatic rings. The second kappa shape index (κ2) is 6.15. The summed E-state index contributed by atoms with van der Waals surface area (Å²) in [5.74, 6) is 2.34. The molecular formula is C16H24ClNO. The first kappa shape index (κ1) is 14.7. The summed E-state index contributed by atoms with van der Waals surface area (Å²) in [7, 11) is 2.04. The van der Waals surface area contributed by atoms with Gasteiger partial charge in [0.05, 0.1) is 6.61 Å². The summed E-state index contributed by atoms with van der Waals surface area (Å²) in [5.41, 5.74) is 2.50. The number of halogens is 1. The lowest BCUT2D eigenvalue weighted by molar-refractivity contribution is 0.304. The Morgan fingerprint density at radius 1 is 1.32 bits per heavy atom. The Labute approximate surface area is 121 Å². The number of hydrogen-bond acceptors (Lipinski definition) is 2. The minimum atomic E-state index is 0.451. The third-order valence-electron chi connectivity index (χ3n) is 4.32. The molecular weight excluding hydrogens is 258 g/mol. The van der Waals surface area contributed by atoms with Gasteiger partial charge in [0, 0.05) is 17.5 Å². The van der Waals surface area contributed by atoms with Gasteiger partial charge in [0.25, 0.3) is 0 Å². The van der Waals surface area contributed by atoms with Gasteiger partial charge >= 0.3 is 0 Å². The number of benzene rings is 1. The maximum Gasteiger partial charge on any atom is 0.125 e. The fourth-order valence-electron chi connectivity index (χ4n) is 2.75. The molecule has 0 saturated carbocycles. The number of ether oxygens (including phenoxy) is 1. The average molecular weight is 282 g/mol. The van der Waals surface area contributed by atoms with Crippen molar-refractivity contribution in [1.82, 2.24) is 5.32 Å². The second-order valence-corrected chi connectivity index (χ2v) is 6.29. The Balaban J connectivity index is 2.23. The van der Waals surface area contributed by atoms with Crippen LogP contribution in [0.3, 0.4) is 0 Å². The van der Waals surface area contributed by atoms with Gasteiger partial charge in [0.15, 0.2) is 0 Å². The largest absolute Gasteiger partial charge is 0.493 e. The van der Waals surface area contributed by atoms with Crippen molar-refractivity contribution >= 4 is 11.6 Å². The average Bonchev–Trinajstić information content (AvgIpc) is 2.82. The number of fused-ring (bicyclic) bond motifs is 1. The summed E-state index contributed by atoms with van der Waals surface area (Å²) in [4.78, 5) is 0. The molecule has 0 aromatic heterocycles. The lowest BCUT2D eigenvalue weighted by Crippen LogP contribution is -2.36. The van der Waals surface area contributed by atoms with Gasteiger partial charge in [0.2, 0.25) is 0 Å². The highest BCUT2D eigenvalue weighted by molar-refractivity contribution is 6.30.